The Balaban J connectivity index is 2.21. The number of ether oxygens (including phenoxy) is 1. The number of hydrogen-bond donors (Lipinski definition) is 2. The molecule has 3 N–H and O–H groups in total. The van der Waals surface area contributed by atoms with Crippen molar-refractivity contribution in [3.05, 3.63) is 46.4 Å². The first kappa shape index (κ1) is 13.0. The van der Waals surface area contributed by atoms with Crippen LogP contribution in [0.3, 0.4) is 0 Å². The van der Waals surface area contributed by atoms with E-state index in [-0.39, 0.29) is 6.04 Å². The first-order valence-electron chi connectivity index (χ1n) is 5.91. The lowest BCUT2D eigenvalue weighted by atomic mass is 10.0. The zero-order chi connectivity index (χ0) is 12.8. The van der Waals surface area contributed by atoms with Gasteiger partial charge >= 0.3 is 0 Å². The number of nitrogens with two attached hydrogens (primary N) is 1. The summed E-state index contributed by atoms with van der Waals surface area (Å²) in [5.41, 5.74) is 3.91. The molecule has 1 atom stereocenters. The van der Waals surface area contributed by atoms with Crippen molar-refractivity contribution in [2.45, 2.75) is 19.4 Å². The second kappa shape index (κ2) is 6.49. The molecule has 0 aliphatic heterocycles. The number of nitrogens with zero attached hydrogens (tertiary/aromatic N) is 1. The summed E-state index contributed by atoms with van der Waals surface area (Å²) in [6, 6.07) is 7.96. The van der Waals surface area contributed by atoms with Crippen molar-refractivity contribution < 1.29 is 4.74 Å². The van der Waals surface area contributed by atoms with Gasteiger partial charge in [0.2, 0.25) is 0 Å². The number of thiazole rings is 1. The maximum atomic E-state index is 5.66. The van der Waals surface area contributed by atoms with E-state index in [4.69, 9.17) is 10.6 Å². The molecule has 0 aliphatic rings. The molecule has 96 valence electrons. The highest BCUT2D eigenvalue weighted by Gasteiger charge is 2.16. The van der Waals surface area contributed by atoms with Crippen LogP contribution < -0.4 is 16.0 Å². The summed E-state index contributed by atoms with van der Waals surface area (Å²) in [5.74, 6) is 6.53. The third kappa shape index (κ3) is 3.07. The zero-order valence-electron chi connectivity index (χ0n) is 10.3. The Hall–Kier alpha value is -1.43. The van der Waals surface area contributed by atoms with Gasteiger partial charge in [-0.25, -0.2) is 4.98 Å². The van der Waals surface area contributed by atoms with Crippen molar-refractivity contribution in [2.75, 3.05) is 6.61 Å². The van der Waals surface area contributed by atoms with Gasteiger partial charge < -0.3 is 4.74 Å². The van der Waals surface area contributed by atoms with Crippen LogP contribution in [0.2, 0.25) is 0 Å². The van der Waals surface area contributed by atoms with E-state index in [0.29, 0.717) is 6.61 Å². The Labute approximate surface area is 111 Å². The molecule has 1 unspecified atom stereocenters. The van der Waals surface area contributed by atoms with E-state index in [0.717, 1.165) is 22.7 Å². The van der Waals surface area contributed by atoms with E-state index in [1.165, 1.54) is 0 Å². The van der Waals surface area contributed by atoms with Crippen LogP contribution in [0.15, 0.2) is 35.8 Å². The number of nitrogens with one attached hydrogen (secondary N) is 1. The van der Waals surface area contributed by atoms with Gasteiger partial charge in [-0.15, -0.1) is 11.3 Å². The SMILES string of the molecule is CCOc1ccccc1C(Cc1nccs1)NN. The lowest BCUT2D eigenvalue weighted by Crippen LogP contribution is -2.30. The molecule has 2 aromatic rings. The van der Waals surface area contributed by atoms with Crippen LogP contribution in [0.4, 0.5) is 0 Å². The molecular formula is C13H17N3OS. The number of hydrazine groups is 1. The van der Waals surface area contributed by atoms with Crippen LogP contribution in [0, 0.1) is 0 Å². The van der Waals surface area contributed by atoms with Gasteiger partial charge in [-0.1, -0.05) is 18.2 Å². The fraction of sp³-hybridized carbons (Fsp3) is 0.308. The highest BCUT2D eigenvalue weighted by atomic mass is 32.1. The van der Waals surface area contributed by atoms with Crippen molar-refractivity contribution >= 4 is 11.3 Å². The van der Waals surface area contributed by atoms with Gasteiger partial charge in [0.15, 0.2) is 0 Å². The summed E-state index contributed by atoms with van der Waals surface area (Å²) >= 11 is 1.63. The summed E-state index contributed by atoms with van der Waals surface area (Å²) < 4.78 is 5.63. The second-order valence-corrected chi connectivity index (χ2v) is 4.80. The number of rotatable bonds is 6. The average molecular weight is 263 g/mol. The first-order valence-corrected chi connectivity index (χ1v) is 6.79. The molecule has 0 bridgehead atoms. The molecule has 5 heteroatoms. The van der Waals surface area contributed by atoms with Crippen LogP contribution in [-0.2, 0) is 6.42 Å². The minimum atomic E-state index is 0.0129. The van der Waals surface area contributed by atoms with Gasteiger partial charge in [0.25, 0.3) is 0 Å². The van der Waals surface area contributed by atoms with Gasteiger partial charge in [-0.2, -0.15) is 0 Å². The molecule has 1 heterocycles. The smallest absolute Gasteiger partial charge is 0.124 e. The van der Waals surface area contributed by atoms with E-state index in [9.17, 15) is 0 Å². The van der Waals surface area contributed by atoms with E-state index >= 15 is 0 Å². The lowest BCUT2D eigenvalue weighted by molar-refractivity contribution is 0.331. The minimum Gasteiger partial charge on any atom is -0.494 e. The van der Waals surface area contributed by atoms with Gasteiger partial charge in [0.1, 0.15) is 5.75 Å². The van der Waals surface area contributed by atoms with Crippen LogP contribution >= 0.6 is 11.3 Å². The van der Waals surface area contributed by atoms with Crippen LogP contribution in [0.25, 0.3) is 0 Å². The molecule has 0 saturated heterocycles. The molecule has 0 radical (unpaired) electrons. The minimum absolute atomic E-state index is 0.0129. The largest absolute Gasteiger partial charge is 0.494 e. The molecule has 1 aromatic heterocycles. The zero-order valence-corrected chi connectivity index (χ0v) is 11.1. The molecule has 0 spiro atoms. The Morgan fingerprint density at radius 3 is 2.94 bits per heavy atom. The summed E-state index contributed by atoms with van der Waals surface area (Å²) in [6.45, 7) is 2.62. The molecule has 1 aromatic carbocycles. The van der Waals surface area contributed by atoms with Crippen molar-refractivity contribution in [1.29, 1.82) is 0 Å². The van der Waals surface area contributed by atoms with E-state index in [1.807, 2.05) is 42.8 Å². The molecule has 18 heavy (non-hydrogen) atoms. The van der Waals surface area contributed by atoms with Crippen molar-refractivity contribution in [3.8, 4) is 5.75 Å². The molecule has 0 aliphatic carbocycles. The van der Waals surface area contributed by atoms with Crippen molar-refractivity contribution in [3.63, 3.8) is 0 Å². The quantitative estimate of drug-likeness (QED) is 0.620. The summed E-state index contributed by atoms with van der Waals surface area (Å²) in [5, 5.41) is 3.03. The number of aromatic nitrogens is 1. The predicted octanol–water partition coefficient (Wildman–Crippen LogP) is 2.29. The highest BCUT2D eigenvalue weighted by molar-refractivity contribution is 7.09. The Morgan fingerprint density at radius 2 is 2.28 bits per heavy atom. The highest BCUT2D eigenvalue weighted by Crippen LogP contribution is 2.27. The fourth-order valence-electron chi connectivity index (χ4n) is 1.84. The topological polar surface area (TPSA) is 60.2 Å². The third-order valence-corrected chi connectivity index (χ3v) is 3.46. The molecule has 2 rings (SSSR count). The Morgan fingerprint density at radius 1 is 1.44 bits per heavy atom. The molecule has 0 saturated carbocycles. The molecule has 4 nitrogen and oxygen atoms in total. The van der Waals surface area contributed by atoms with Gasteiger partial charge in [-0.3, -0.25) is 11.3 Å². The lowest BCUT2D eigenvalue weighted by Gasteiger charge is -2.18. The van der Waals surface area contributed by atoms with Gasteiger partial charge in [0.05, 0.1) is 17.7 Å². The van der Waals surface area contributed by atoms with Crippen LogP contribution in [0.5, 0.6) is 5.75 Å². The van der Waals surface area contributed by atoms with E-state index < -0.39 is 0 Å². The predicted molar refractivity (Wildman–Crippen MR) is 73.5 cm³/mol. The van der Waals surface area contributed by atoms with Crippen LogP contribution in [-0.4, -0.2) is 11.6 Å². The summed E-state index contributed by atoms with van der Waals surface area (Å²) in [6.07, 6.45) is 2.57. The van der Waals surface area contributed by atoms with Crippen LogP contribution in [0.1, 0.15) is 23.5 Å². The monoisotopic (exact) mass is 263 g/mol. The third-order valence-electron chi connectivity index (χ3n) is 2.66. The van der Waals surface area contributed by atoms with Crippen molar-refractivity contribution in [1.82, 2.24) is 10.4 Å². The maximum Gasteiger partial charge on any atom is 0.124 e. The van der Waals surface area contributed by atoms with E-state index in [1.54, 1.807) is 11.3 Å². The molecular weight excluding hydrogens is 246 g/mol. The van der Waals surface area contributed by atoms with Gasteiger partial charge in [0, 0.05) is 23.6 Å². The maximum absolute atomic E-state index is 5.66. The molecule has 0 amide bonds. The number of para-hydroxylation sites is 1. The van der Waals surface area contributed by atoms with Crippen molar-refractivity contribution in [2.24, 2.45) is 5.84 Å². The number of benzene rings is 1. The van der Waals surface area contributed by atoms with E-state index in [2.05, 4.69) is 10.4 Å². The first-order chi connectivity index (χ1) is 8.85. The average Bonchev–Trinajstić information content (AvgIpc) is 2.90. The summed E-state index contributed by atoms with van der Waals surface area (Å²) in [7, 11) is 0. The number of hydrogen-bond acceptors (Lipinski definition) is 5. The van der Waals surface area contributed by atoms with Gasteiger partial charge in [-0.05, 0) is 13.0 Å². The molecule has 0 fully saturated rings. The fourth-order valence-corrected chi connectivity index (χ4v) is 2.51. The normalized spacial score (nSPS) is 12.3. The Kier molecular flexibility index (Phi) is 4.69. The Bertz CT molecular complexity index is 473. The standard InChI is InChI=1S/C13H17N3OS/c1-2-17-12-6-4-3-5-10(12)11(16-14)9-13-15-7-8-18-13/h3-8,11,16H,2,9,14H2,1H3. The summed E-state index contributed by atoms with van der Waals surface area (Å²) in [4.78, 5) is 4.29. The second-order valence-electron chi connectivity index (χ2n) is 3.82.